The molecule has 1 aromatic rings. The Morgan fingerprint density at radius 3 is 1.59 bits per heavy atom. The van der Waals surface area contributed by atoms with Crippen LogP contribution in [0.2, 0.25) is 0 Å². The molecule has 22 heavy (non-hydrogen) atoms. The van der Waals surface area contributed by atoms with E-state index in [4.69, 9.17) is 9.11 Å². The molecule has 1 rings (SSSR count). The fourth-order valence-electron chi connectivity index (χ4n) is 1.32. The predicted octanol–water partition coefficient (Wildman–Crippen LogP) is -0.967. The van der Waals surface area contributed by atoms with Gasteiger partial charge in [0.05, 0.1) is 11.5 Å². The molecule has 0 aromatic carbocycles. The van der Waals surface area contributed by atoms with Crippen LogP contribution in [0.15, 0.2) is 0 Å². The fraction of sp³-hybridized carbons (Fsp3) is 0.667. The number of hydrogen-bond donors (Lipinski definition) is 4. The van der Waals surface area contributed by atoms with Crippen LogP contribution in [-0.4, -0.2) is 65.5 Å². The summed E-state index contributed by atoms with van der Waals surface area (Å²) >= 11 is 0. The first kappa shape index (κ1) is 18.5. The van der Waals surface area contributed by atoms with E-state index in [1.807, 2.05) is 0 Å². The third kappa shape index (κ3) is 8.02. The van der Waals surface area contributed by atoms with E-state index in [1.165, 1.54) is 0 Å². The Balaban J connectivity index is 2.71. The molecule has 0 radical (unpaired) electrons. The largest absolute Gasteiger partial charge is 0.353 e. The van der Waals surface area contributed by atoms with Crippen molar-refractivity contribution in [2.45, 2.75) is 13.3 Å². The third-order valence-electron chi connectivity index (χ3n) is 2.28. The normalized spacial score (nSPS) is 12.1. The molecule has 4 N–H and O–H groups in total. The Kier molecular flexibility index (Phi) is 6.40. The molecule has 0 aliphatic carbocycles. The molecular formula is C9H17N5O6S2. The zero-order valence-electron chi connectivity index (χ0n) is 11.7. The first-order valence-corrected chi connectivity index (χ1v) is 9.44. The lowest BCUT2D eigenvalue weighted by atomic mass is 10.4. The highest BCUT2D eigenvalue weighted by Gasteiger charge is 2.09. The summed E-state index contributed by atoms with van der Waals surface area (Å²) in [5, 5.41) is 5.23. The molecule has 1 heterocycles. The smallest absolute Gasteiger partial charge is 0.266 e. The number of anilines is 2. The predicted molar refractivity (Wildman–Crippen MR) is 79.0 cm³/mol. The van der Waals surface area contributed by atoms with Gasteiger partial charge in [-0.05, 0) is 0 Å². The second kappa shape index (κ2) is 7.62. The molecule has 0 aliphatic heterocycles. The Morgan fingerprint density at radius 1 is 0.864 bits per heavy atom. The van der Waals surface area contributed by atoms with Gasteiger partial charge < -0.3 is 10.6 Å². The highest BCUT2D eigenvalue weighted by atomic mass is 32.2. The van der Waals surface area contributed by atoms with Crippen molar-refractivity contribution in [2.75, 3.05) is 35.2 Å². The van der Waals surface area contributed by atoms with E-state index < -0.39 is 31.7 Å². The average Bonchev–Trinajstić information content (AvgIpc) is 2.35. The van der Waals surface area contributed by atoms with Gasteiger partial charge in [-0.15, -0.1) is 0 Å². The van der Waals surface area contributed by atoms with Crippen LogP contribution in [-0.2, 0) is 26.7 Å². The molecule has 0 saturated heterocycles. The summed E-state index contributed by atoms with van der Waals surface area (Å²) in [5.74, 6) is -0.439. The van der Waals surface area contributed by atoms with E-state index in [0.29, 0.717) is 12.2 Å². The molecule has 13 heteroatoms. The second-order valence-electron chi connectivity index (χ2n) is 4.18. The van der Waals surface area contributed by atoms with Crippen molar-refractivity contribution in [2.24, 2.45) is 0 Å². The van der Waals surface area contributed by atoms with E-state index in [1.54, 1.807) is 6.92 Å². The fourth-order valence-corrected chi connectivity index (χ4v) is 2.04. The van der Waals surface area contributed by atoms with E-state index in [0.717, 1.165) is 0 Å². The number of hydrogen-bond acceptors (Lipinski definition) is 9. The second-order valence-corrected chi connectivity index (χ2v) is 7.32. The number of aryl methyl sites for hydroxylation is 1. The van der Waals surface area contributed by atoms with Gasteiger partial charge in [-0.25, -0.2) is 0 Å². The maximum Gasteiger partial charge on any atom is 0.266 e. The van der Waals surface area contributed by atoms with E-state index in [9.17, 15) is 16.8 Å². The summed E-state index contributed by atoms with van der Waals surface area (Å²) in [7, 11) is -8.19. The van der Waals surface area contributed by atoms with Gasteiger partial charge in [0.25, 0.3) is 20.2 Å². The molecule has 126 valence electrons. The van der Waals surface area contributed by atoms with Gasteiger partial charge in [-0.1, -0.05) is 6.92 Å². The average molecular weight is 355 g/mol. The molecule has 0 fully saturated rings. The van der Waals surface area contributed by atoms with Crippen LogP contribution in [0, 0.1) is 0 Å². The lowest BCUT2D eigenvalue weighted by Gasteiger charge is -2.08. The number of rotatable bonds is 9. The van der Waals surface area contributed by atoms with Crippen molar-refractivity contribution in [1.29, 1.82) is 0 Å². The van der Waals surface area contributed by atoms with Gasteiger partial charge in [0.2, 0.25) is 11.9 Å². The van der Waals surface area contributed by atoms with Crippen LogP contribution in [0.25, 0.3) is 0 Å². The van der Waals surface area contributed by atoms with Crippen molar-refractivity contribution in [1.82, 2.24) is 15.0 Å². The summed E-state index contributed by atoms with van der Waals surface area (Å²) in [6, 6.07) is 0. The van der Waals surface area contributed by atoms with Crippen LogP contribution in [0.1, 0.15) is 12.7 Å². The highest BCUT2D eigenvalue weighted by molar-refractivity contribution is 7.86. The molecule has 0 spiro atoms. The van der Waals surface area contributed by atoms with Crippen LogP contribution in [0.5, 0.6) is 0 Å². The minimum atomic E-state index is -4.09. The SMILES string of the molecule is CCc1nc(NCCS(=O)(=O)O)nc(NCCS(=O)(=O)O)n1. The molecule has 0 bridgehead atoms. The lowest BCUT2D eigenvalue weighted by Crippen LogP contribution is -2.19. The molecule has 0 saturated carbocycles. The minimum absolute atomic E-state index is 0.0878. The van der Waals surface area contributed by atoms with Gasteiger partial charge in [0.1, 0.15) is 5.82 Å². The monoisotopic (exact) mass is 355 g/mol. The number of nitrogens with one attached hydrogen (secondary N) is 2. The summed E-state index contributed by atoms with van der Waals surface area (Å²) in [6.45, 7) is 1.59. The van der Waals surface area contributed by atoms with Crippen LogP contribution in [0.4, 0.5) is 11.9 Å². The van der Waals surface area contributed by atoms with E-state index in [-0.39, 0.29) is 25.0 Å². The Labute approximate surface area is 128 Å². The maximum atomic E-state index is 10.6. The summed E-state index contributed by atoms with van der Waals surface area (Å²) < 4.78 is 59.7. The maximum absolute atomic E-state index is 10.6. The molecule has 0 aliphatic rings. The molecule has 1 aromatic heterocycles. The van der Waals surface area contributed by atoms with Gasteiger partial charge >= 0.3 is 0 Å². The van der Waals surface area contributed by atoms with Crippen LogP contribution >= 0.6 is 0 Å². The molecular weight excluding hydrogens is 338 g/mol. The first-order valence-electron chi connectivity index (χ1n) is 6.22. The topological polar surface area (TPSA) is 171 Å². The highest BCUT2D eigenvalue weighted by Crippen LogP contribution is 2.06. The summed E-state index contributed by atoms with van der Waals surface area (Å²) in [4.78, 5) is 11.9. The zero-order valence-corrected chi connectivity index (χ0v) is 13.4. The Morgan fingerprint density at radius 2 is 1.27 bits per heavy atom. The minimum Gasteiger partial charge on any atom is -0.353 e. The van der Waals surface area contributed by atoms with Crippen molar-refractivity contribution >= 4 is 32.1 Å². The quantitative estimate of drug-likeness (QED) is 0.402. The standard InChI is InChI=1S/C9H17N5O6S2/c1-2-7-12-8(10-3-5-21(15,16)17)14-9(13-7)11-4-6-22(18,19)20/h2-6H2,1H3,(H,15,16,17)(H,18,19,20)(H2,10,11,12,13,14). The molecule has 0 unspecified atom stereocenters. The van der Waals surface area contributed by atoms with Crippen molar-refractivity contribution in [3.8, 4) is 0 Å². The van der Waals surface area contributed by atoms with Crippen molar-refractivity contribution < 1.29 is 25.9 Å². The lowest BCUT2D eigenvalue weighted by molar-refractivity contribution is 0.481. The van der Waals surface area contributed by atoms with Gasteiger partial charge in [-0.2, -0.15) is 31.8 Å². The molecule has 11 nitrogen and oxygen atoms in total. The van der Waals surface area contributed by atoms with Gasteiger partial charge in [-0.3, -0.25) is 9.11 Å². The van der Waals surface area contributed by atoms with Gasteiger partial charge in [0, 0.05) is 19.5 Å². The van der Waals surface area contributed by atoms with Crippen molar-refractivity contribution in [3.05, 3.63) is 5.82 Å². The number of aromatic nitrogens is 3. The van der Waals surface area contributed by atoms with Crippen LogP contribution < -0.4 is 10.6 Å². The van der Waals surface area contributed by atoms with Crippen LogP contribution in [0.3, 0.4) is 0 Å². The Hall–Kier alpha value is -1.57. The van der Waals surface area contributed by atoms with E-state index in [2.05, 4.69) is 25.6 Å². The van der Waals surface area contributed by atoms with E-state index >= 15 is 0 Å². The van der Waals surface area contributed by atoms with Gasteiger partial charge in [0.15, 0.2) is 0 Å². The van der Waals surface area contributed by atoms with Crippen molar-refractivity contribution in [3.63, 3.8) is 0 Å². The third-order valence-corrected chi connectivity index (χ3v) is 3.72. The number of nitrogens with zero attached hydrogens (tertiary/aromatic N) is 3. The summed E-state index contributed by atoms with van der Waals surface area (Å²) in [5.41, 5.74) is 0. The first-order chi connectivity index (χ1) is 10.1. The summed E-state index contributed by atoms with van der Waals surface area (Å²) in [6.07, 6.45) is 0.475. The molecule has 0 atom stereocenters. The Bertz CT molecular complexity index is 649. The molecule has 0 amide bonds. The zero-order chi connectivity index (χ0) is 16.8.